The van der Waals surface area contributed by atoms with Crippen LogP contribution in [0.15, 0.2) is 19.0 Å². The minimum Gasteiger partial charge on any atom is -0.393 e. The van der Waals surface area contributed by atoms with Crippen molar-refractivity contribution in [2.75, 3.05) is 29.5 Å². The molecule has 0 atom stereocenters. The monoisotopic (exact) mass is 389 g/mol. The van der Waals surface area contributed by atoms with Gasteiger partial charge < -0.3 is 16.4 Å². The molecule has 0 saturated heterocycles. The lowest BCUT2D eigenvalue weighted by Crippen LogP contribution is -2.10. The molecule has 0 radical (unpaired) electrons. The highest BCUT2D eigenvalue weighted by atomic mass is 15.1. The van der Waals surface area contributed by atoms with E-state index in [2.05, 4.69) is 34.1 Å². The van der Waals surface area contributed by atoms with Crippen molar-refractivity contribution in [3.63, 3.8) is 0 Å². The highest BCUT2D eigenvalue weighted by molar-refractivity contribution is 5.73. The van der Waals surface area contributed by atoms with Crippen LogP contribution in [0.2, 0.25) is 0 Å². The number of nitrogens with zero attached hydrogens (tertiary/aromatic N) is 2. The normalized spacial score (nSPS) is 10.8. The molecule has 160 valence electrons. The topological polar surface area (TPSA) is 75.9 Å². The third kappa shape index (κ3) is 11.8. The van der Waals surface area contributed by atoms with Crippen molar-refractivity contribution < 1.29 is 0 Å². The SMILES string of the molecule is C=CCNc1ncnc(NCCCCCCCCCCCCCCCC)c1N. The van der Waals surface area contributed by atoms with Gasteiger partial charge in [-0.3, -0.25) is 0 Å². The molecule has 1 aromatic heterocycles. The molecule has 0 fully saturated rings. The second kappa shape index (κ2) is 17.3. The molecule has 5 heteroatoms. The summed E-state index contributed by atoms with van der Waals surface area (Å²) in [6.45, 7) is 7.51. The van der Waals surface area contributed by atoms with Crippen LogP contribution in [0.25, 0.3) is 0 Å². The maximum absolute atomic E-state index is 6.10. The molecule has 0 aliphatic rings. The number of unbranched alkanes of at least 4 members (excludes halogenated alkanes) is 13. The van der Waals surface area contributed by atoms with Crippen molar-refractivity contribution >= 4 is 17.3 Å². The van der Waals surface area contributed by atoms with Gasteiger partial charge in [0, 0.05) is 13.1 Å². The molecule has 0 bridgehead atoms. The van der Waals surface area contributed by atoms with Gasteiger partial charge in [0.05, 0.1) is 0 Å². The molecule has 4 N–H and O–H groups in total. The highest BCUT2D eigenvalue weighted by Gasteiger charge is 2.06. The lowest BCUT2D eigenvalue weighted by molar-refractivity contribution is 0.537. The smallest absolute Gasteiger partial charge is 0.155 e. The van der Waals surface area contributed by atoms with Gasteiger partial charge in [0.1, 0.15) is 12.0 Å². The first kappa shape index (κ1) is 24.3. The quantitative estimate of drug-likeness (QED) is 0.185. The zero-order chi connectivity index (χ0) is 20.3. The van der Waals surface area contributed by atoms with E-state index in [9.17, 15) is 0 Å². The fraction of sp³-hybridized carbons (Fsp3) is 0.739. The number of hydrogen-bond donors (Lipinski definition) is 3. The van der Waals surface area contributed by atoms with Crippen LogP contribution in [0.5, 0.6) is 0 Å². The van der Waals surface area contributed by atoms with Crippen LogP contribution in [0.3, 0.4) is 0 Å². The summed E-state index contributed by atoms with van der Waals surface area (Å²) in [5.74, 6) is 1.38. The van der Waals surface area contributed by atoms with Gasteiger partial charge in [-0.1, -0.05) is 96.5 Å². The van der Waals surface area contributed by atoms with Crippen molar-refractivity contribution in [2.24, 2.45) is 0 Å². The molecule has 0 unspecified atom stereocenters. The number of anilines is 3. The Hall–Kier alpha value is -1.78. The van der Waals surface area contributed by atoms with E-state index >= 15 is 0 Å². The van der Waals surface area contributed by atoms with Crippen molar-refractivity contribution in [3.05, 3.63) is 19.0 Å². The average Bonchev–Trinajstić information content (AvgIpc) is 2.71. The molecule has 0 aromatic carbocycles. The van der Waals surface area contributed by atoms with Crippen molar-refractivity contribution in [1.29, 1.82) is 0 Å². The summed E-state index contributed by atoms with van der Waals surface area (Å²) >= 11 is 0. The molecular weight excluding hydrogens is 346 g/mol. The lowest BCUT2D eigenvalue weighted by Gasteiger charge is -2.11. The summed E-state index contributed by atoms with van der Waals surface area (Å²) in [5, 5.41) is 6.45. The van der Waals surface area contributed by atoms with Gasteiger partial charge >= 0.3 is 0 Å². The van der Waals surface area contributed by atoms with E-state index in [1.54, 1.807) is 6.08 Å². The van der Waals surface area contributed by atoms with Gasteiger partial charge in [-0.05, 0) is 6.42 Å². The second-order valence-electron chi connectivity index (χ2n) is 7.68. The molecule has 0 saturated carbocycles. The number of nitrogen functional groups attached to an aromatic ring is 1. The third-order valence-electron chi connectivity index (χ3n) is 5.12. The van der Waals surface area contributed by atoms with Gasteiger partial charge in [-0.15, -0.1) is 6.58 Å². The first-order chi connectivity index (χ1) is 13.8. The Morgan fingerprint density at radius 1 is 0.786 bits per heavy atom. The fourth-order valence-corrected chi connectivity index (χ4v) is 3.37. The van der Waals surface area contributed by atoms with E-state index in [1.807, 2.05) is 0 Å². The highest BCUT2D eigenvalue weighted by Crippen LogP contribution is 2.22. The molecule has 1 rings (SSSR count). The molecule has 0 amide bonds. The Kier molecular flexibility index (Phi) is 15.0. The van der Waals surface area contributed by atoms with Crippen LogP contribution < -0.4 is 16.4 Å². The van der Waals surface area contributed by atoms with Crippen molar-refractivity contribution in [1.82, 2.24) is 9.97 Å². The largest absolute Gasteiger partial charge is 0.393 e. The van der Waals surface area contributed by atoms with E-state index in [1.165, 1.54) is 89.8 Å². The predicted octanol–water partition coefficient (Wildman–Crippen LogP) is 6.55. The third-order valence-corrected chi connectivity index (χ3v) is 5.12. The fourth-order valence-electron chi connectivity index (χ4n) is 3.37. The standard InChI is InChI=1S/C23H43N5/c1-3-5-6-7-8-9-10-11-12-13-14-15-16-17-19-26-23-21(24)22(25-18-4-2)27-20-28-23/h4,20H,2-3,5-19,24H2,1H3,(H2,25,26,27,28). The number of hydrogen-bond acceptors (Lipinski definition) is 5. The van der Waals surface area contributed by atoms with Gasteiger partial charge in [-0.25, -0.2) is 9.97 Å². The number of aromatic nitrogens is 2. The Bertz CT molecular complexity index is 504. The Balaban J connectivity index is 1.94. The van der Waals surface area contributed by atoms with Gasteiger partial charge in [0.15, 0.2) is 11.6 Å². The van der Waals surface area contributed by atoms with E-state index in [0.717, 1.165) is 18.8 Å². The summed E-state index contributed by atoms with van der Waals surface area (Å²) in [7, 11) is 0. The number of rotatable bonds is 19. The van der Waals surface area contributed by atoms with E-state index < -0.39 is 0 Å². The predicted molar refractivity (Wildman–Crippen MR) is 124 cm³/mol. The van der Waals surface area contributed by atoms with Crippen LogP contribution in [0.1, 0.15) is 96.8 Å². The van der Waals surface area contributed by atoms with Crippen LogP contribution in [0, 0.1) is 0 Å². The minimum atomic E-state index is 0.578. The summed E-state index contributed by atoms with van der Waals surface area (Å²) < 4.78 is 0. The maximum Gasteiger partial charge on any atom is 0.155 e. The average molecular weight is 390 g/mol. The van der Waals surface area contributed by atoms with Crippen molar-refractivity contribution in [2.45, 2.75) is 96.8 Å². The first-order valence-corrected chi connectivity index (χ1v) is 11.5. The Morgan fingerprint density at radius 3 is 1.75 bits per heavy atom. The Morgan fingerprint density at radius 2 is 1.25 bits per heavy atom. The molecule has 1 heterocycles. The second-order valence-corrected chi connectivity index (χ2v) is 7.68. The van der Waals surface area contributed by atoms with Crippen molar-refractivity contribution in [3.8, 4) is 0 Å². The van der Waals surface area contributed by atoms with Gasteiger partial charge in [-0.2, -0.15) is 0 Å². The number of nitrogens with two attached hydrogens (primary N) is 1. The van der Waals surface area contributed by atoms with Gasteiger partial charge in [0.2, 0.25) is 0 Å². The van der Waals surface area contributed by atoms with Gasteiger partial charge in [0.25, 0.3) is 0 Å². The molecule has 0 aliphatic heterocycles. The van der Waals surface area contributed by atoms with E-state index in [0.29, 0.717) is 18.1 Å². The lowest BCUT2D eigenvalue weighted by atomic mass is 10.0. The van der Waals surface area contributed by atoms with E-state index in [4.69, 9.17) is 5.73 Å². The summed E-state index contributed by atoms with van der Waals surface area (Å²) in [6.07, 6.45) is 22.6. The molecular formula is C23H43N5. The van der Waals surface area contributed by atoms with Crippen LogP contribution in [-0.4, -0.2) is 23.1 Å². The van der Waals surface area contributed by atoms with Crippen LogP contribution >= 0.6 is 0 Å². The zero-order valence-corrected chi connectivity index (χ0v) is 18.1. The first-order valence-electron chi connectivity index (χ1n) is 11.5. The molecule has 28 heavy (non-hydrogen) atoms. The summed E-state index contributed by atoms with van der Waals surface area (Å²) in [5.41, 5.74) is 6.68. The molecule has 0 spiro atoms. The minimum absolute atomic E-state index is 0.578. The zero-order valence-electron chi connectivity index (χ0n) is 18.1. The molecule has 1 aromatic rings. The number of nitrogens with one attached hydrogen (secondary N) is 2. The molecule has 5 nitrogen and oxygen atoms in total. The van der Waals surface area contributed by atoms with Crippen LogP contribution in [-0.2, 0) is 0 Å². The summed E-state index contributed by atoms with van der Waals surface area (Å²) in [6, 6.07) is 0. The summed E-state index contributed by atoms with van der Waals surface area (Å²) in [4.78, 5) is 8.40. The Labute approximate surface area is 173 Å². The van der Waals surface area contributed by atoms with Crippen LogP contribution in [0.4, 0.5) is 17.3 Å². The van der Waals surface area contributed by atoms with E-state index in [-0.39, 0.29) is 0 Å². The molecule has 0 aliphatic carbocycles. The maximum atomic E-state index is 6.10.